The van der Waals surface area contributed by atoms with Gasteiger partial charge in [-0.25, -0.2) is 0 Å². The molecule has 1 saturated heterocycles. The largest absolute Gasteiger partial charge is 0.340 e. The van der Waals surface area contributed by atoms with Crippen LogP contribution in [0, 0.1) is 5.41 Å². The van der Waals surface area contributed by atoms with Crippen molar-refractivity contribution in [3.8, 4) is 0 Å². The summed E-state index contributed by atoms with van der Waals surface area (Å²) in [4.78, 5) is 19.0. The molecule has 0 atom stereocenters. The van der Waals surface area contributed by atoms with Crippen LogP contribution >= 0.6 is 0 Å². The van der Waals surface area contributed by atoms with Crippen LogP contribution in [0.25, 0.3) is 0 Å². The fourth-order valence-electron chi connectivity index (χ4n) is 2.78. The zero-order chi connectivity index (χ0) is 15.2. The molecule has 0 aromatic heterocycles. The van der Waals surface area contributed by atoms with Gasteiger partial charge in [0.05, 0.1) is 0 Å². The Morgan fingerprint density at radius 2 is 1.60 bits per heavy atom. The molecule has 1 aliphatic heterocycles. The lowest BCUT2D eigenvalue weighted by Crippen LogP contribution is -2.50. The van der Waals surface area contributed by atoms with E-state index >= 15 is 0 Å². The minimum Gasteiger partial charge on any atom is -0.340 e. The Labute approximate surface area is 125 Å². The second-order valence-corrected chi connectivity index (χ2v) is 6.99. The van der Waals surface area contributed by atoms with Gasteiger partial charge in [-0.1, -0.05) is 34.6 Å². The molecule has 0 aromatic rings. The van der Waals surface area contributed by atoms with E-state index in [9.17, 15) is 4.79 Å². The average molecular weight is 283 g/mol. The Balaban J connectivity index is 2.28. The predicted octanol–water partition coefficient (Wildman–Crippen LogP) is 1.91. The predicted molar refractivity (Wildman–Crippen MR) is 84.9 cm³/mol. The number of carbonyl (C=O) groups is 1. The summed E-state index contributed by atoms with van der Waals surface area (Å²) in [6, 6.07) is 0. The molecule has 118 valence electrons. The van der Waals surface area contributed by atoms with Gasteiger partial charge in [-0.3, -0.25) is 9.69 Å². The molecular weight excluding hydrogens is 250 g/mol. The van der Waals surface area contributed by atoms with Crippen molar-refractivity contribution in [1.82, 2.24) is 14.7 Å². The smallest absolute Gasteiger partial charge is 0.223 e. The third-order valence-electron chi connectivity index (χ3n) is 3.96. The molecule has 1 heterocycles. The second kappa shape index (κ2) is 7.99. The third-order valence-corrected chi connectivity index (χ3v) is 3.96. The van der Waals surface area contributed by atoms with Gasteiger partial charge >= 0.3 is 0 Å². The van der Waals surface area contributed by atoms with Crippen molar-refractivity contribution >= 4 is 5.91 Å². The molecule has 0 bridgehead atoms. The number of hydrogen-bond donors (Lipinski definition) is 0. The van der Waals surface area contributed by atoms with Crippen LogP contribution in [0.4, 0.5) is 0 Å². The summed E-state index contributed by atoms with van der Waals surface area (Å²) in [5.74, 6) is 0.326. The standard InChI is InChI=1S/C16H33N3O/c1-6-17(7-2)9-8-15(20)19-12-10-18(11-13-19)14-16(3,4)5/h6-14H2,1-5H3. The number of hydrogen-bond acceptors (Lipinski definition) is 3. The molecule has 0 N–H and O–H groups in total. The average Bonchev–Trinajstić information content (AvgIpc) is 2.38. The molecule has 0 spiro atoms. The van der Waals surface area contributed by atoms with Crippen LogP contribution in [-0.2, 0) is 4.79 Å². The lowest BCUT2D eigenvalue weighted by atomic mass is 9.96. The van der Waals surface area contributed by atoms with Crippen molar-refractivity contribution in [3.63, 3.8) is 0 Å². The van der Waals surface area contributed by atoms with Gasteiger partial charge in [0.1, 0.15) is 0 Å². The molecule has 0 radical (unpaired) electrons. The maximum atomic E-state index is 12.2. The minimum absolute atomic E-state index is 0.326. The molecule has 0 aliphatic carbocycles. The van der Waals surface area contributed by atoms with Crippen molar-refractivity contribution in [2.45, 2.75) is 41.0 Å². The van der Waals surface area contributed by atoms with Gasteiger partial charge < -0.3 is 9.80 Å². The van der Waals surface area contributed by atoms with Gasteiger partial charge in [0, 0.05) is 45.7 Å². The zero-order valence-electron chi connectivity index (χ0n) is 14.1. The van der Waals surface area contributed by atoms with Crippen LogP contribution in [0.3, 0.4) is 0 Å². The highest BCUT2D eigenvalue weighted by atomic mass is 16.2. The van der Waals surface area contributed by atoms with Crippen molar-refractivity contribution in [2.75, 3.05) is 52.4 Å². The molecule has 1 fully saturated rings. The molecule has 1 amide bonds. The number of carbonyl (C=O) groups excluding carboxylic acids is 1. The topological polar surface area (TPSA) is 26.8 Å². The molecule has 0 saturated carbocycles. The summed E-state index contributed by atoms with van der Waals surface area (Å²) in [5.41, 5.74) is 0.342. The van der Waals surface area contributed by atoms with E-state index < -0.39 is 0 Å². The third kappa shape index (κ3) is 6.23. The Kier molecular flexibility index (Phi) is 6.96. The molecule has 0 unspecified atom stereocenters. The molecule has 1 aliphatic rings. The van der Waals surface area contributed by atoms with Crippen LogP contribution in [-0.4, -0.2) is 73.0 Å². The number of nitrogens with zero attached hydrogens (tertiary/aromatic N) is 3. The van der Waals surface area contributed by atoms with E-state index in [1.165, 1.54) is 0 Å². The van der Waals surface area contributed by atoms with Crippen molar-refractivity contribution in [1.29, 1.82) is 0 Å². The number of piperazine rings is 1. The second-order valence-electron chi connectivity index (χ2n) is 6.99. The number of rotatable bonds is 6. The summed E-state index contributed by atoms with van der Waals surface area (Å²) < 4.78 is 0. The van der Waals surface area contributed by atoms with Crippen LogP contribution in [0.1, 0.15) is 41.0 Å². The van der Waals surface area contributed by atoms with E-state index in [-0.39, 0.29) is 0 Å². The van der Waals surface area contributed by atoms with E-state index in [4.69, 9.17) is 0 Å². The Hall–Kier alpha value is -0.610. The van der Waals surface area contributed by atoms with Crippen LogP contribution in [0.15, 0.2) is 0 Å². The SMILES string of the molecule is CCN(CC)CCC(=O)N1CCN(CC(C)(C)C)CC1. The summed E-state index contributed by atoms with van der Waals surface area (Å²) in [7, 11) is 0. The molecule has 4 nitrogen and oxygen atoms in total. The lowest BCUT2D eigenvalue weighted by Gasteiger charge is -2.38. The first-order valence-corrected chi connectivity index (χ1v) is 8.08. The van der Waals surface area contributed by atoms with E-state index in [2.05, 4.69) is 44.4 Å². The summed E-state index contributed by atoms with van der Waals surface area (Å²) >= 11 is 0. The first kappa shape index (κ1) is 17.4. The highest BCUT2D eigenvalue weighted by Crippen LogP contribution is 2.16. The van der Waals surface area contributed by atoms with Crippen LogP contribution < -0.4 is 0 Å². The van der Waals surface area contributed by atoms with Gasteiger partial charge in [-0.2, -0.15) is 0 Å². The molecule has 1 rings (SSSR count). The highest BCUT2D eigenvalue weighted by molar-refractivity contribution is 5.76. The monoisotopic (exact) mass is 283 g/mol. The maximum Gasteiger partial charge on any atom is 0.223 e. The van der Waals surface area contributed by atoms with Crippen LogP contribution in [0.5, 0.6) is 0 Å². The van der Waals surface area contributed by atoms with E-state index in [1.54, 1.807) is 0 Å². The number of amides is 1. The fourth-order valence-corrected chi connectivity index (χ4v) is 2.78. The van der Waals surface area contributed by atoms with Gasteiger partial charge in [0.2, 0.25) is 5.91 Å². The van der Waals surface area contributed by atoms with E-state index in [1.807, 2.05) is 4.90 Å². The van der Waals surface area contributed by atoms with Crippen molar-refractivity contribution < 1.29 is 4.79 Å². The first-order valence-electron chi connectivity index (χ1n) is 8.08. The Morgan fingerprint density at radius 1 is 1.05 bits per heavy atom. The summed E-state index contributed by atoms with van der Waals surface area (Å²) in [6.07, 6.45) is 0.668. The van der Waals surface area contributed by atoms with Gasteiger partial charge in [0.25, 0.3) is 0 Å². The van der Waals surface area contributed by atoms with Gasteiger partial charge in [-0.15, -0.1) is 0 Å². The zero-order valence-corrected chi connectivity index (χ0v) is 14.1. The van der Waals surface area contributed by atoms with Crippen molar-refractivity contribution in [3.05, 3.63) is 0 Å². The van der Waals surface area contributed by atoms with Gasteiger partial charge in [0.15, 0.2) is 0 Å². The Morgan fingerprint density at radius 3 is 2.05 bits per heavy atom. The van der Waals surface area contributed by atoms with E-state index in [0.29, 0.717) is 17.7 Å². The molecular formula is C16H33N3O. The van der Waals surface area contributed by atoms with E-state index in [0.717, 1.165) is 52.4 Å². The Bertz CT molecular complexity index is 287. The summed E-state index contributed by atoms with van der Waals surface area (Å²) in [5, 5.41) is 0. The maximum absolute atomic E-state index is 12.2. The molecule has 20 heavy (non-hydrogen) atoms. The normalized spacial score (nSPS) is 17.8. The fraction of sp³-hybridized carbons (Fsp3) is 0.938. The summed E-state index contributed by atoms with van der Waals surface area (Å²) in [6.45, 7) is 19.0. The van der Waals surface area contributed by atoms with Crippen molar-refractivity contribution in [2.24, 2.45) is 5.41 Å². The molecule has 4 heteroatoms. The first-order chi connectivity index (χ1) is 9.35. The highest BCUT2D eigenvalue weighted by Gasteiger charge is 2.23. The molecule has 0 aromatic carbocycles. The lowest BCUT2D eigenvalue weighted by molar-refractivity contribution is -0.133. The minimum atomic E-state index is 0.326. The van der Waals surface area contributed by atoms with Gasteiger partial charge in [-0.05, 0) is 18.5 Å². The van der Waals surface area contributed by atoms with Crippen LogP contribution in [0.2, 0.25) is 0 Å². The quantitative estimate of drug-likeness (QED) is 0.745.